The molecule has 1 aromatic heterocycles. The van der Waals surface area contributed by atoms with Crippen LogP contribution in [0, 0.1) is 11.3 Å². The van der Waals surface area contributed by atoms with Crippen LogP contribution in [0.25, 0.3) is 10.9 Å². The second-order valence-electron chi connectivity index (χ2n) is 17.5. The number of aromatic nitrogens is 2. The Morgan fingerprint density at radius 1 is 1.05 bits per heavy atom. The number of aryl methyl sites for hydroxylation is 1. The summed E-state index contributed by atoms with van der Waals surface area (Å²) in [6.07, 6.45) is -0.177. The maximum Gasteiger partial charge on any atom is 0.417 e. The first kappa shape index (κ1) is 44.3. The third kappa shape index (κ3) is 8.95. The predicted molar refractivity (Wildman–Crippen MR) is 227 cm³/mol. The molecule has 2 aliphatic heterocycles. The van der Waals surface area contributed by atoms with Crippen LogP contribution in [-0.2, 0) is 37.1 Å². The summed E-state index contributed by atoms with van der Waals surface area (Å²) < 4.78 is 49.3. The maximum absolute atomic E-state index is 13.8. The molecule has 2 aromatic carbocycles. The smallest absolute Gasteiger partial charge is 0.378 e. The number of carbonyl (C=O) groups excluding carboxylic acids is 4. The Morgan fingerprint density at radius 3 is 2.41 bits per heavy atom. The van der Waals surface area contributed by atoms with E-state index in [1.807, 2.05) is 23.1 Å². The highest BCUT2D eigenvalue weighted by Crippen LogP contribution is 2.41. The largest absolute Gasteiger partial charge is 0.417 e. The molecule has 61 heavy (non-hydrogen) atoms. The molecule has 1 N–H and O–H groups in total. The molecule has 3 heterocycles. The van der Waals surface area contributed by atoms with Crippen LogP contribution in [0.5, 0.6) is 0 Å². The van der Waals surface area contributed by atoms with Gasteiger partial charge >= 0.3 is 6.18 Å². The Kier molecular flexibility index (Phi) is 12.7. The number of carbonyl (C=O) groups is 4. The molecule has 2 saturated carbocycles. The molecule has 4 fully saturated rings. The first-order chi connectivity index (χ1) is 28.9. The van der Waals surface area contributed by atoms with Crippen molar-refractivity contribution in [2.24, 2.45) is 7.05 Å². The number of fused-ring (bicyclic) bond motifs is 1. The van der Waals surface area contributed by atoms with Gasteiger partial charge in [-0.1, -0.05) is 12.1 Å². The first-order valence-electron chi connectivity index (χ1n) is 21.1. The van der Waals surface area contributed by atoms with E-state index in [1.54, 1.807) is 31.6 Å². The fraction of sp³-hybridized carbons (Fsp3) is 0.568. The number of Topliss-reactive ketones (excluding diaryl/α,β-unsaturated/α-hetero) is 2. The summed E-state index contributed by atoms with van der Waals surface area (Å²) >= 11 is 5.75. The van der Waals surface area contributed by atoms with Crippen LogP contribution in [0.15, 0.2) is 36.4 Å². The van der Waals surface area contributed by atoms with Crippen molar-refractivity contribution in [3.05, 3.63) is 53.2 Å². The Bertz CT molecular complexity index is 2250. The van der Waals surface area contributed by atoms with Gasteiger partial charge in [0.05, 0.1) is 64.8 Å². The van der Waals surface area contributed by atoms with Crippen molar-refractivity contribution in [1.29, 1.82) is 5.26 Å². The molecule has 1 unspecified atom stereocenters. The van der Waals surface area contributed by atoms with Crippen LogP contribution in [0.3, 0.4) is 0 Å². The van der Waals surface area contributed by atoms with Crippen molar-refractivity contribution in [3.8, 4) is 6.07 Å². The average Bonchev–Trinajstić information content (AvgIpc) is 3.62. The highest BCUT2D eigenvalue weighted by atomic mass is 32.1. The van der Waals surface area contributed by atoms with E-state index < -0.39 is 34.7 Å². The van der Waals surface area contributed by atoms with E-state index in [2.05, 4.69) is 34.1 Å². The summed E-state index contributed by atoms with van der Waals surface area (Å²) in [7, 11) is 1.80. The summed E-state index contributed by atoms with van der Waals surface area (Å²) in [6.45, 7) is 11.0. The van der Waals surface area contributed by atoms with Crippen molar-refractivity contribution in [1.82, 2.24) is 24.5 Å². The zero-order valence-electron chi connectivity index (χ0n) is 35.3. The van der Waals surface area contributed by atoms with Crippen LogP contribution in [0.4, 0.5) is 24.5 Å². The number of para-hydroxylation sites is 1. The number of nitrogens with one attached hydrogen (secondary N) is 1. The number of anilines is 2. The van der Waals surface area contributed by atoms with Crippen molar-refractivity contribution in [3.63, 3.8) is 0 Å². The maximum atomic E-state index is 13.8. The summed E-state index contributed by atoms with van der Waals surface area (Å²) in [5.74, 6) is -1.11. The van der Waals surface area contributed by atoms with E-state index in [-0.39, 0.29) is 65.5 Å². The molecule has 2 amide bonds. The van der Waals surface area contributed by atoms with Gasteiger partial charge in [-0.25, -0.2) is 0 Å². The molecule has 3 atom stereocenters. The lowest BCUT2D eigenvalue weighted by Crippen LogP contribution is -2.58. The number of hydrogen-bond donors (Lipinski definition) is 1. The molecule has 2 saturated heterocycles. The standard InChI is InChI=1S/C44H53F3N8O5S/c1-26-23-52(24-27(2)53(26)25-38(58)49-36-9-6-8-34-39(50-51(5)40(34)36)33-17-14-31(56)21-37(33)57)18-7-19-60-32-15-12-29(13-16-32)55-42(61)54(41(59)43(55,3)4)30-11-10-28(22-48)35(20-30)44(45,46)47/h6,8-11,20,26-27,29,32-33H,7,12-19,21,23-25H2,1-5H3,(H,49,58)/t26-,27+,29?,32?,33?. The lowest BCUT2D eigenvalue weighted by molar-refractivity contribution is -0.138. The molecule has 0 radical (unpaired) electrons. The summed E-state index contributed by atoms with van der Waals surface area (Å²) in [5, 5.41) is 18.0. The van der Waals surface area contributed by atoms with E-state index in [1.165, 1.54) is 11.0 Å². The fourth-order valence-corrected chi connectivity index (χ4v) is 10.4. The molecule has 13 nitrogen and oxygen atoms in total. The van der Waals surface area contributed by atoms with Crippen molar-refractivity contribution in [2.45, 2.75) is 121 Å². The topological polar surface area (TPSA) is 144 Å². The number of alkyl halides is 3. The Morgan fingerprint density at radius 2 is 1.75 bits per heavy atom. The van der Waals surface area contributed by atoms with E-state index in [0.717, 1.165) is 61.9 Å². The highest BCUT2D eigenvalue weighted by Gasteiger charge is 2.52. The SMILES string of the molecule is C[C@@H]1CN(CCCOC2CCC(N3C(=S)N(c4ccc(C#N)c(C(F)(F)F)c4)C(=O)C3(C)C)CC2)C[C@H](C)N1CC(=O)Nc1cccc2c(C3CCC(=O)CC3=O)nn(C)c12. The zero-order chi connectivity index (χ0) is 44.0. The number of benzene rings is 2. The number of amides is 2. The number of ketones is 2. The quantitative estimate of drug-likeness (QED) is 0.131. The Labute approximate surface area is 359 Å². The Hall–Kier alpha value is -4.76. The second kappa shape index (κ2) is 17.5. The molecule has 0 spiro atoms. The lowest BCUT2D eigenvalue weighted by atomic mass is 9.84. The van der Waals surface area contributed by atoms with Crippen LogP contribution in [0.1, 0.15) is 102 Å². The minimum Gasteiger partial charge on any atom is -0.378 e. The monoisotopic (exact) mass is 862 g/mol. The minimum absolute atomic E-state index is 0.00864. The number of nitriles is 1. The Balaban J connectivity index is 0.861. The number of piperazine rings is 1. The molecule has 0 bridgehead atoms. The van der Waals surface area contributed by atoms with Crippen LogP contribution in [-0.4, -0.2) is 116 Å². The number of hydrogen-bond acceptors (Lipinski definition) is 10. The number of rotatable bonds is 11. The molecule has 2 aliphatic carbocycles. The normalized spacial score (nSPS) is 25.4. The van der Waals surface area contributed by atoms with Crippen LogP contribution < -0.4 is 10.2 Å². The van der Waals surface area contributed by atoms with Gasteiger partial charge < -0.3 is 19.9 Å². The molecule has 4 aliphatic rings. The molecule has 7 rings (SSSR count). The van der Waals surface area contributed by atoms with Gasteiger partial charge in [0.2, 0.25) is 5.91 Å². The molecular weight excluding hydrogens is 810 g/mol. The average molecular weight is 863 g/mol. The minimum atomic E-state index is -4.76. The third-order valence-electron chi connectivity index (χ3n) is 12.9. The van der Waals surface area contributed by atoms with Crippen LogP contribution in [0.2, 0.25) is 0 Å². The number of halogens is 3. The lowest BCUT2D eigenvalue weighted by Gasteiger charge is -2.44. The summed E-state index contributed by atoms with van der Waals surface area (Å²) in [5.41, 5.74) is -0.666. The molecular formula is C44H53F3N8O5S. The van der Waals surface area contributed by atoms with Gasteiger partial charge in [-0.15, -0.1) is 0 Å². The third-order valence-corrected chi connectivity index (χ3v) is 13.2. The zero-order valence-corrected chi connectivity index (χ0v) is 36.1. The molecule has 326 valence electrons. The number of nitrogens with zero attached hydrogens (tertiary/aromatic N) is 7. The van der Waals surface area contributed by atoms with Crippen LogP contribution >= 0.6 is 12.2 Å². The van der Waals surface area contributed by atoms with Crippen molar-refractivity contribution >= 4 is 63.0 Å². The van der Waals surface area contributed by atoms with Gasteiger partial charge in [-0.05, 0) is 103 Å². The van der Waals surface area contributed by atoms with E-state index >= 15 is 0 Å². The van der Waals surface area contributed by atoms with Gasteiger partial charge in [0.1, 0.15) is 17.1 Å². The predicted octanol–water partition coefficient (Wildman–Crippen LogP) is 6.33. The van der Waals surface area contributed by atoms with E-state index in [9.17, 15) is 37.6 Å². The molecule has 17 heteroatoms. The number of thiocarbonyl (C=S) groups is 1. The van der Waals surface area contributed by atoms with Gasteiger partial charge in [0.15, 0.2) is 5.11 Å². The van der Waals surface area contributed by atoms with E-state index in [0.29, 0.717) is 43.7 Å². The van der Waals surface area contributed by atoms with Gasteiger partial charge in [0.25, 0.3) is 5.91 Å². The number of ether oxygens (including phenoxy) is 1. The van der Waals surface area contributed by atoms with Crippen molar-refractivity contribution < 1.29 is 37.1 Å². The highest BCUT2D eigenvalue weighted by molar-refractivity contribution is 7.80. The van der Waals surface area contributed by atoms with Crippen molar-refractivity contribution in [2.75, 3.05) is 43.0 Å². The fourth-order valence-electron chi connectivity index (χ4n) is 9.86. The van der Waals surface area contributed by atoms with Gasteiger partial charge in [0, 0.05) is 63.2 Å². The molecule has 3 aromatic rings. The summed E-state index contributed by atoms with van der Waals surface area (Å²) in [6, 6.07) is 10.6. The first-order valence-corrected chi connectivity index (χ1v) is 21.5. The summed E-state index contributed by atoms with van der Waals surface area (Å²) in [4.78, 5) is 59.3. The second-order valence-corrected chi connectivity index (χ2v) is 17.9. The van der Waals surface area contributed by atoms with Gasteiger partial charge in [-0.2, -0.15) is 23.5 Å². The van der Waals surface area contributed by atoms with Gasteiger partial charge in [-0.3, -0.25) is 33.7 Å². The van der Waals surface area contributed by atoms with E-state index in [4.69, 9.17) is 17.0 Å².